The van der Waals surface area contributed by atoms with Crippen LogP contribution in [0.15, 0.2) is 140 Å². The van der Waals surface area contributed by atoms with Gasteiger partial charge in [0, 0.05) is 16.8 Å². The predicted molar refractivity (Wildman–Crippen MR) is 179 cm³/mol. The van der Waals surface area contributed by atoms with Crippen molar-refractivity contribution in [2.24, 2.45) is 0 Å². The molecule has 42 heavy (non-hydrogen) atoms. The lowest BCUT2D eigenvalue weighted by Crippen LogP contribution is -2.30. The zero-order chi connectivity index (χ0) is 28.1. The largest absolute Gasteiger partial charge is 0.334 e. The quantitative estimate of drug-likeness (QED) is 0.203. The Morgan fingerprint density at radius 3 is 1.79 bits per heavy atom. The summed E-state index contributed by atoms with van der Waals surface area (Å²) < 4.78 is 0. The monoisotopic (exact) mass is 537 g/mol. The number of anilines is 2. The number of para-hydroxylation sites is 1. The molecule has 0 spiro atoms. The molecular weight excluding hydrogens is 506 g/mol. The van der Waals surface area contributed by atoms with Crippen LogP contribution in [-0.4, -0.2) is 5.54 Å². The highest BCUT2D eigenvalue weighted by Gasteiger charge is 2.70. The molecule has 1 aliphatic carbocycles. The standard InChI is InChI=1S/C41H31N/c1-40-26-41(40,2)42(29-15-4-3-5-16-29)37-24-23-28(25-36(37)40)38-32-18-8-10-20-34(32)39(35-21-11-9-19-33(35)38)31-22-12-14-27-13-6-7-17-30(27)31/h3-25H,26H2,1-2H3. The highest BCUT2D eigenvalue weighted by Crippen LogP contribution is 2.70. The summed E-state index contributed by atoms with van der Waals surface area (Å²) in [4.78, 5) is 2.59. The lowest BCUT2D eigenvalue weighted by Gasteiger charge is -2.29. The van der Waals surface area contributed by atoms with Crippen LogP contribution >= 0.6 is 0 Å². The summed E-state index contributed by atoms with van der Waals surface area (Å²) in [6.45, 7) is 4.89. The third kappa shape index (κ3) is 3.03. The zero-order valence-corrected chi connectivity index (χ0v) is 23.9. The van der Waals surface area contributed by atoms with E-state index in [1.807, 2.05) is 0 Å². The molecule has 1 fully saturated rings. The van der Waals surface area contributed by atoms with Crippen LogP contribution < -0.4 is 4.90 Å². The first-order valence-electron chi connectivity index (χ1n) is 15.0. The third-order valence-corrected chi connectivity index (χ3v) is 10.4. The van der Waals surface area contributed by atoms with Crippen molar-refractivity contribution in [3.8, 4) is 22.3 Å². The van der Waals surface area contributed by atoms with Crippen LogP contribution in [0.5, 0.6) is 0 Å². The van der Waals surface area contributed by atoms with Crippen LogP contribution in [0.2, 0.25) is 0 Å². The van der Waals surface area contributed by atoms with Gasteiger partial charge < -0.3 is 4.90 Å². The molecule has 2 unspecified atom stereocenters. The Morgan fingerprint density at radius 2 is 1.10 bits per heavy atom. The fourth-order valence-corrected chi connectivity index (χ4v) is 8.12. The van der Waals surface area contributed by atoms with Gasteiger partial charge in [0.15, 0.2) is 0 Å². The van der Waals surface area contributed by atoms with Gasteiger partial charge in [0.2, 0.25) is 0 Å². The molecule has 2 atom stereocenters. The number of benzene rings is 7. The normalized spacial score (nSPS) is 20.7. The molecule has 0 aromatic heterocycles. The minimum absolute atomic E-state index is 0.109. The van der Waals surface area contributed by atoms with Gasteiger partial charge in [-0.3, -0.25) is 0 Å². The molecule has 9 rings (SSSR count). The average Bonchev–Trinajstić information content (AvgIpc) is 3.55. The van der Waals surface area contributed by atoms with E-state index in [4.69, 9.17) is 0 Å². The number of hydrogen-bond acceptors (Lipinski definition) is 1. The van der Waals surface area contributed by atoms with Crippen molar-refractivity contribution in [3.05, 3.63) is 145 Å². The molecule has 7 aromatic rings. The topological polar surface area (TPSA) is 3.24 Å². The van der Waals surface area contributed by atoms with Crippen LogP contribution in [0.1, 0.15) is 25.8 Å². The van der Waals surface area contributed by atoms with Crippen molar-refractivity contribution in [1.29, 1.82) is 0 Å². The van der Waals surface area contributed by atoms with E-state index in [-0.39, 0.29) is 11.0 Å². The molecule has 1 heterocycles. The number of hydrogen-bond donors (Lipinski definition) is 0. The van der Waals surface area contributed by atoms with E-state index < -0.39 is 0 Å². The van der Waals surface area contributed by atoms with Gasteiger partial charge in [0.25, 0.3) is 0 Å². The minimum Gasteiger partial charge on any atom is -0.334 e. The number of fused-ring (bicyclic) bond motifs is 6. The second kappa shape index (κ2) is 8.33. The minimum atomic E-state index is 0.109. The molecule has 1 saturated carbocycles. The molecule has 1 nitrogen and oxygen atoms in total. The van der Waals surface area contributed by atoms with Gasteiger partial charge in [-0.25, -0.2) is 0 Å². The Labute approximate surface area is 246 Å². The molecule has 0 radical (unpaired) electrons. The van der Waals surface area contributed by atoms with E-state index in [9.17, 15) is 0 Å². The summed E-state index contributed by atoms with van der Waals surface area (Å²) in [6, 6.07) is 51.6. The van der Waals surface area contributed by atoms with Gasteiger partial charge in [0.05, 0.1) is 5.54 Å². The van der Waals surface area contributed by atoms with Crippen molar-refractivity contribution in [1.82, 2.24) is 0 Å². The van der Waals surface area contributed by atoms with Gasteiger partial charge in [-0.15, -0.1) is 0 Å². The summed E-state index contributed by atoms with van der Waals surface area (Å²) in [7, 11) is 0. The van der Waals surface area contributed by atoms with Crippen molar-refractivity contribution in [3.63, 3.8) is 0 Å². The van der Waals surface area contributed by atoms with Crippen molar-refractivity contribution in [2.75, 3.05) is 4.90 Å². The Morgan fingerprint density at radius 1 is 0.524 bits per heavy atom. The van der Waals surface area contributed by atoms with E-state index in [0.29, 0.717) is 0 Å². The van der Waals surface area contributed by atoms with Crippen LogP contribution in [0.3, 0.4) is 0 Å². The maximum absolute atomic E-state index is 2.59. The van der Waals surface area contributed by atoms with E-state index in [1.165, 1.54) is 77.9 Å². The number of rotatable bonds is 3. The molecule has 200 valence electrons. The summed E-state index contributed by atoms with van der Waals surface area (Å²) >= 11 is 0. The Kier molecular flexibility index (Phi) is 4.72. The molecule has 0 amide bonds. The molecule has 1 heteroatoms. The van der Waals surface area contributed by atoms with Crippen molar-refractivity contribution in [2.45, 2.75) is 31.2 Å². The fraction of sp³-hybridized carbons (Fsp3) is 0.122. The first-order valence-corrected chi connectivity index (χ1v) is 15.0. The summed E-state index contributed by atoms with van der Waals surface area (Å²) in [5, 5.41) is 7.78. The van der Waals surface area contributed by atoms with E-state index >= 15 is 0 Å². The molecule has 2 aliphatic rings. The first kappa shape index (κ1) is 23.8. The Balaban J connectivity index is 1.33. The van der Waals surface area contributed by atoms with Gasteiger partial charge in [-0.1, -0.05) is 122 Å². The summed E-state index contributed by atoms with van der Waals surface area (Å²) in [5.41, 5.74) is 9.60. The van der Waals surface area contributed by atoms with Gasteiger partial charge >= 0.3 is 0 Å². The highest BCUT2D eigenvalue weighted by molar-refractivity contribution is 6.23. The van der Waals surface area contributed by atoms with E-state index in [2.05, 4.69) is 158 Å². The molecule has 1 aliphatic heterocycles. The molecule has 0 N–H and O–H groups in total. The Hall–Kier alpha value is -4.88. The summed E-state index contributed by atoms with van der Waals surface area (Å²) in [6.07, 6.45) is 1.17. The maximum Gasteiger partial charge on any atom is 0.0528 e. The smallest absolute Gasteiger partial charge is 0.0528 e. The van der Waals surface area contributed by atoms with E-state index in [0.717, 1.165) is 0 Å². The lowest BCUT2D eigenvalue weighted by atomic mass is 9.83. The third-order valence-electron chi connectivity index (χ3n) is 10.4. The lowest BCUT2D eigenvalue weighted by molar-refractivity contribution is 0.639. The van der Waals surface area contributed by atoms with Crippen LogP contribution in [0.25, 0.3) is 54.6 Å². The van der Waals surface area contributed by atoms with Crippen LogP contribution in [-0.2, 0) is 5.41 Å². The maximum atomic E-state index is 2.59. The van der Waals surface area contributed by atoms with Crippen LogP contribution in [0.4, 0.5) is 11.4 Å². The predicted octanol–water partition coefficient (Wildman–Crippen LogP) is 11.1. The zero-order valence-electron chi connectivity index (χ0n) is 23.9. The highest BCUT2D eigenvalue weighted by atomic mass is 15.3. The molecular formula is C41H31N. The molecule has 7 aromatic carbocycles. The van der Waals surface area contributed by atoms with Gasteiger partial charge in [-0.05, 0) is 97.7 Å². The summed E-state index contributed by atoms with van der Waals surface area (Å²) in [5.74, 6) is 0. The fourth-order valence-electron chi connectivity index (χ4n) is 8.12. The Bertz CT molecular complexity index is 2150. The first-order chi connectivity index (χ1) is 20.6. The second-order valence-electron chi connectivity index (χ2n) is 12.6. The van der Waals surface area contributed by atoms with Crippen molar-refractivity contribution < 1.29 is 0 Å². The van der Waals surface area contributed by atoms with Gasteiger partial charge in [-0.2, -0.15) is 0 Å². The number of nitrogens with zero attached hydrogens (tertiary/aromatic N) is 1. The SMILES string of the molecule is CC12CC1(C)N(c1ccccc1)c1ccc(-c3c4ccccc4c(-c4cccc5ccccc45)c4ccccc34)cc12. The van der Waals surface area contributed by atoms with E-state index in [1.54, 1.807) is 0 Å². The average molecular weight is 538 g/mol. The van der Waals surface area contributed by atoms with Gasteiger partial charge in [0.1, 0.15) is 0 Å². The van der Waals surface area contributed by atoms with Crippen molar-refractivity contribution >= 4 is 43.7 Å². The second-order valence-corrected chi connectivity index (χ2v) is 12.6. The molecule has 0 saturated heterocycles. The molecule has 0 bridgehead atoms. The van der Waals surface area contributed by atoms with Crippen LogP contribution in [0, 0.1) is 0 Å².